The van der Waals surface area contributed by atoms with Crippen LogP contribution in [0.2, 0.25) is 0 Å². The monoisotopic (exact) mass is 151 g/mol. The summed E-state index contributed by atoms with van der Waals surface area (Å²) >= 11 is 0. The zero-order valence-corrected chi connectivity index (χ0v) is 6.71. The molecular formula is C9H13NO. The van der Waals surface area contributed by atoms with Crippen LogP contribution in [-0.4, -0.2) is 0 Å². The largest absolute Gasteiger partial charge is 0.469 e. The third kappa shape index (κ3) is 1.31. The van der Waals surface area contributed by atoms with Gasteiger partial charge in [0.05, 0.1) is 6.26 Å². The molecule has 1 aromatic heterocycles. The van der Waals surface area contributed by atoms with Crippen molar-refractivity contribution in [1.82, 2.24) is 0 Å². The summed E-state index contributed by atoms with van der Waals surface area (Å²) in [5.41, 5.74) is 7.11. The van der Waals surface area contributed by atoms with Crippen molar-refractivity contribution in [1.29, 1.82) is 0 Å². The maximum Gasteiger partial charge on any atom is 0.101 e. The highest BCUT2D eigenvalue weighted by Crippen LogP contribution is 2.39. The minimum Gasteiger partial charge on any atom is -0.469 e. The first-order valence-electron chi connectivity index (χ1n) is 4.08. The van der Waals surface area contributed by atoms with Gasteiger partial charge in [-0.25, -0.2) is 0 Å². The topological polar surface area (TPSA) is 39.2 Å². The maximum absolute atomic E-state index is 5.95. The predicted molar refractivity (Wildman–Crippen MR) is 43.1 cm³/mol. The molecule has 2 rings (SSSR count). The van der Waals surface area contributed by atoms with Gasteiger partial charge >= 0.3 is 0 Å². The highest BCUT2D eigenvalue weighted by atomic mass is 16.3. The Balaban J connectivity index is 2.14. The molecule has 1 aliphatic carbocycles. The summed E-state index contributed by atoms with van der Waals surface area (Å²) in [5.74, 6) is 1.67. The van der Waals surface area contributed by atoms with Crippen LogP contribution in [0.3, 0.4) is 0 Å². The van der Waals surface area contributed by atoms with E-state index in [0.29, 0.717) is 5.92 Å². The molecule has 0 spiro atoms. The summed E-state index contributed by atoms with van der Waals surface area (Å²) in [4.78, 5) is 0. The van der Waals surface area contributed by atoms with Crippen molar-refractivity contribution in [3.05, 3.63) is 23.7 Å². The minimum atomic E-state index is 0.215. The van der Waals surface area contributed by atoms with E-state index in [1.165, 1.54) is 12.8 Å². The maximum atomic E-state index is 5.95. The van der Waals surface area contributed by atoms with E-state index in [9.17, 15) is 0 Å². The Kier molecular flexibility index (Phi) is 1.50. The fraction of sp³-hybridized carbons (Fsp3) is 0.556. The predicted octanol–water partition coefficient (Wildman–Crippen LogP) is 2.00. The van der Waals surface area contributed by atoms with E-state index in [2.05, 4.69) is 0 Å². The second-order valence-corrected chi connectivity index (χ2v) is 3.35. The van der Waals surface area contributed by atoms with Gasteiger partial charge in [0.2, 0.25) is 0 Å². The normalized spacial score (nSPS) is 20.2. The minimum absolute atomic E-state index is 0.215. The van der Waals surface area contributed by atoms with Crippen molar-refractivity contribution in [3.8, 4) is 0 Å². The zero-order chi connectivity index (χ0) is 7.84. The van der Waals surface area contributed by atoms with Gasteiger partial charge in [0.15, 0.2) is 0 Å². The lowest BCUT2D eigenvalue weighted by atomic mass is 10.1. The van der Waals surface area contributed by atoms with Crippen LogP contribution in [-0.2, 0) is 0 Å². The Labute approximate surface area is 66.4 Å². The van der Waals surface area contributed by atoms with Crippen molar-refractivity contribution in [3.63, 3.8) is 0 Å². The Morgan fingerprint density at radius 3 is 2.82 bits per heavy atom. The molecule has 0 bridgehead atoms. The number of hydrogen-bond donors (Lipinski definition) is 1. The summed E-state index contributed by atoms with van der Waals surface area (Å²) in [6, 6.07) is 2.25. The highest BCUT2D eigenvalue weighted by Gasteiger charge is 2.30. The molecule has 1 fully saturated rings. The van der Waals surface area contributed by atoms with Crippen molar-refractivity contribution in [2.45, 2.75) is 25.8 Å². The van der Waals surface area contributed by atoms with Crippen molar-refractivity contribution in [2.24, 2.45) is 11.7 Å². The molecule has 2 heteroatoms. The van der Waals surface area contributed by atoms with Gasteiger partial charge in [-0.3, -0.25) is 0 Å². The Morgan fingerprint density at radius 1 is 1.64 bits per heavy atom. The van der Waals surface area contributed by atoms with Crippen molar-refractivity contribution >= 4 is 0 Å². The highest BCUT2D eigenvalue weighted by molar-refractivity contribution is 5.18. The van der Waals surface area contributed by atoms with Crippen molar-refractivity contribution < 1.29 is 4.42 Å². The fourth-order valence-electron chi connectivity index (χ4n) is 1.37. The number of nitrogens with two attached hydrogens (primary N) is 1. The first-order valence-corrected chi connectivity index (χ1v) is 4.08. The number of furan rings is 1. The first kappa shape index (κ1) is 6.92. The van der Waals surface area contributed by atoms with Gasteiger partial charge in [-0.2, -0.15) is 0 Å². The molecule has 2 nitrogen and oxygen atoms in total. The third-order valence-electron chi connectivity index (χ3n) is 2.27. The number of aryl methyl sites for hydroxylation is 1. The smallest absolute Gasteiger partial charge is 0.101 e. The van der Waals surface area contributed by atoms with Gasteiger partial charge in [-0.15, -0.1) is 0 Å². The molecule has 0 unspecified atom stereocenters. The van der Waals surface area contributed by atoms with Gasteiger partial charge in [0, 0.05) is 11.6 Å². The molecular weight excluding hydrogens is 138 g/mol. The summed E-state index contributed by atoms with van der Waals surface area (Å²) in [5, 5.41) is 0. The molecule has 2 N–H and O–H groups in total. The quantitative estimate of drug-likeness (QED) is 0.702. The van der Waals surface area contributed by atoms with Crippen LogP contribution < -0.4 is 5.73 Å². The standard InChI is InChI=1S/C9H13NO/c1-6-4-8(5-11-6)9(10)7-2-3-7/h4-5,7,9H,2-3,10H2,1H3/t9-/m1/s1. The molecule has 0 aliphatic heterocycles. The number of hydrogen-bond acceptors (Lipinski definition) is 2. The van der Waals surface area contributed by atoms with E-state index in [1.54, 1.807) is 6.26 Å². The van der Waals surface area contributed by atoms with Gasteiger partial charge in [0.1, 0.15) is 5.76 Å². The number of rotatable bonds is 2. The molecule has 0 radical (unpaired) electrons. The summed E-state index contributed by atoms with van der Waals surface area (Å²) in [6.45, 7) is 1.95. The lowest BCUT2D eigenvalue weighted by Gasteiger charge is -2.04. The van der Waals surface area contributed by atoms with Crippen LogP contribution >= 0.6 is 0 Å². The van der Waals surface area contributed by atoms with Crippen LogP contribution in [0, 0.1) is 12.8 Å². The summed E-state index contributed by atoms with van der Waals surface area (Å²) < 4.78 is 5.18. The Hall–Kier alpha value is -0.760. The van der Waals surface area contributed by atoms with E-state index >= 15 is 0 Å². The fourth-order valence-corrected chi connectivity index (χ4v) is 1.37. The average Bonchev–Trinajstić information content (AvgIpc) is 2.74. The van der Waals surface area contributed by atoms with Crippen LogP contribution in [0.4, 0.5) is 0 Å². The molecule has 60 valence electrons. The van der Waals surface area contributed by atoms with Crippen LogP contribution in [0.5, 0.6) is 0 Å². The third-order valence-corrected chi connectivity index (χ3v) is 2.27. The molecule has 0 amide bonds. The molecule has 1 saturated carbocycles. The van der Waals surface area contributed by atoms with Gasteiger partial charge < -0.3 is 10.2 Å². The second-order valence-electron chi connectivity index (χ2n) is 3.35. The average molecular weight is 151 g/mol. The summed E-state index contributed by atoms with van der Waals surface area (Å²) in [6.07, 6.45) is 4.34. The van der Waals surface area contributed by atoms with E-state index in [1.807, 2.05) is 13.0 Å². The van der Waals surface area contributed by atoms with E-state index in [4.69, 9.17) is 10.2 Å². The summed E-state index contributed by atoms with van der Waals surface area (Å²) in [7, 11) is 0. The molecule has 1 aromatic rings. The first-order chi connectivity index (χ1) is 5.27. The molecule has 1 heterocycles. The van der Waals surface area contributed by atoms with Crippen LogP contribution in [0.25, 0.3) is 0 Å². The van der Waals surface area contributed by atoms with Gasteiger partial charge in [-0.1, -0.05) is 0 Å². The van der Waals surface area contributed by atoms with E-state index in [0.717, 1.165) is 11.3 Å². The second kappa shape index (κ2) is 2.38. The molecule has 0 aromatic carbocycles. The SMILES string of the molecule is Cc1cc([C@H](N)C2CC2)co1. The van der Waals surface area contributed by atoms with E-state index in [-0.39, 0.29) is 6.04 Å². The molecule has 0 saturated heterocycles. The van der Waals surface area contributed by atoms with Crippen LogP contribution in [0.1, 0.15) is 30.2 Å². The van der Waals surface area contributed by atoms with E-state index < -0.39 is 0 Å². The van der Waals surface area contributed by atoms with Gasteiger partial charge in [-0.05, 0) is 31.7 Å². The van der Waals surface area contributed by atoms with Crippen molar-refractivity contribution in [2.75, 3.05) is 0 Å². The van der Waals surface area contributed by atoms with Crippen LogP contribution in [0.15, 0.2) is 16.7 Å². The lowest BCUT2D eigenvalue weighted by Crippen LogP contribution is -2.10. The Morgan fingerprint density at radius 2 is 2.36 bits per heavy atom. The Bertz CT molecular complexity index is 250. The zero-order valence-electron chi connectivity index (χ0n) is 6.71. The lowest BCUT2D eigenvalue weighted by molar-refractivity contribution is 0.524. The molecule has 1 atom stereocenters. The molecule has 1 aliphatic rings. The molecule has 11 heavy (non-hydrogen) atoms. The van der Waals surface area contributed by atoms with Gasteiger partial charge in [0.25, 0.3) is 0 Å².